The van der Waals surface area contributed by atoms with Gasteiger partial charge in [0.05, 0.1) is 6.54 Å². The van der Waals surface area contributed by atoms with Crippen molar-refractivity contribution in [1.82, 2.24) is 10.2 Å². The molecule has 152 valence electrons. The number of furan rings is 1. The number of hydrogen-bond donors (Lipinski definition) is 1. The van der Waals surface area contributed by atoms with Crippen LogP contribution in [0.1, 0.15) is 47.6 Å². The van der Waals surface area contributed by atoms with E-state index < -0.39 is 11.9 Å². The molecule has 7 nitrogen and oxygen atoms in total. The number of nitrogens with one attached hydrogen (secondary N) is 1. The van der Waals surface area contributed by atoms with Crippen LogP contribution >= 0.6 is 0 Å². The van der Waals surface area contributed by atoms with Crippen molar-refractivity contribution < 1.29 is 23.5 Å². The van der Waals surface area contributed by atoms with Crippen molar-refractivity contribution >= 4 is 28.7 Å². The molecule has 5 rings (SSSR count). The molecule has 1 fully saturated rings. The highest BCUT2D eigenvalue weighted by Crippen LogP contribution is 2.36. The largest absolute Gasteiger partial charge is 0.482 e. The number of fused-ring (bicyclic) bond motifs is 2. The molecule has 3 amide bonds. The molecule has 2 unspecified atom stereocenters. The van der Waals surface area contributed by atoms with Gasteiger partial charge in [0.25, 0.3) is 5.91 Å². The quantitative estimate of drug-likeness (QED) is 0.674. The zero-order valence-electron chi connectivity index (χ0n) is 16.4. The second kappa shape index (κ2) is 7.02. The average molecular weight is 404 g/mol. The molecule has 2 aliphatic rings. The van der Waals surface area contributed by atoms with Crippen LogP contribution in [0.2, 0.25) is 0 Å². The Morgan fingerprint density at radius 1 is 1.13 bits per heavy atom. The van der Waals surface area contributed by atoms with Crippen LogP contribution in [0.5, 0.6) is 5.75 Å². The Kier molecular flexibility index (Phi) is 4.31. The highest BCUT2D eigenvalue weighted by atomic mass is 16.5. The molecule has 3 aromatic rings. The van der Waals surface area contributed by atoms with Crippen LogP contribution in [0, 0.1) is 0 Å². The third-order valence-corrected chi connectivity index (χ3v) is 5.69. The van der Waals surface area contributed by atoms with E-state index >= 15 is 0 Å². The lowest BCUT2D eigenvalue weighted by Gasteiger charge is -2.29. The van der Waals surface area contributed by atoms with E-state index in [2.05, 4.69) is 5.32 Å². The molecule has 0 spiro atoms. The maximum Gasteiger partial charge on any atom is 0.255 e. The lowest BCUT2D eigenvalue weighted by molar-refractivity contribution is -0.136. The number of carbonyl (C=O) groups excluding carboxylic acids is 3. The topological polar surface area (TPSA) is 88.9 Å². The fraction of sp³-hybridized carbons (Fsp3) is 0.261. The molecule has 2 atom stereocenters. The Hall–Kier alpha value is -3.61. The summed E-state index contributed by atoms with van der Waals surface area (Å²) >= 11 is 0. The zero-order valence-corrected chi connectivity index (χ0v) is 16.4. The van der Waals surface area contributed by atoms with Crippen molar-refractivity contribution in [2.75, 3.05) is 0 Å². The monoisotopic (exact) mass is 404 g/mol. The minimum Gasteiger partial charge on any atom is -0.482 e. The smallest absolute Gasteiger partial charge is 0.255 e. The van der Waals surface area contributed by atoms with Crippen molar-refractivity contribution in [2.24, 2.45) is 0 Å². The van der Waals surface area contributed by atoms with Gasteiger partial charge in [-0.1, -0.05) is 24.3 Å². The van der Waals surface area contributed by atoms with Crippen LogP contribution in [-0.4, -0.2) is 28.7 Å². The van der Waals surface area contributed by atoms with E-state index in [4.69, 9.17) is 9.15 Å². The molecule has 2 aromatic carbocycles. The first kappa shape index (κ1) is 18.4. The van der Waals surface area contributed by atoms with Gasteiger partial charge >= 0.3 is 0 Å². The Morgan fingerprint density at radius 2 is 1.97 bits per heavy atom. The molecule has 7 heteroatoms. The van der Waals surface area contributed by atoms with Crippen molar-refractivity contribution in [3.05, 3.63) is 65.4 Å². The Bertz CT molecular complexity index is 1150. The fourth-order valence-corrected chi connectivity index (χ4v) is 4.12. The number of imide groups is 1. The first-order chi connectivity index (χ1) is 14.5. The van der Waals surface area contributed by atoms with Gasteiger partial charge in [0, 0.05) is 22.9 Å². The fourth-order valence-electron chi connectivity index (χ4n) is 4.12. The van der Waals surface area contributed by atoms with Gasteiger partial charge in [-0.3, -0.25) is 19.7 Å². The maximum absolute atomic E-state index is 12.9. The molecule has 0 aliphatic carbocycles. The standard InChI is InChI=1S/C23H20N2O5/c1-13(20-11-14-5-2-3-7-18(14)30-20)29-19-8-4-6-15-16(19)12-25(23(15)28)17-9-10-21(26)24-22(17)27/h2-8,11,13,17H,9-10,12H2,1H3,(H,24,26,27). The van der Waals surface area contributed by atoms with E-state index in [9.17, 15) is 14.4 Å². The summed E-state index contributed by atoms with van der Waals surface area (Å²) < 4.78 is 12.1. The van der Waals surface area contributed by atoms with Crippen LogP contribution < -0.4 is 10.1 Å². The SMILES string of the molecule is CC(Oc1cccc2c1CN(C1CCC(=O)NC1=O)C2=O)c1cc2ccccc2o1. The molecule has 0 saturated carbocycles. The number of amides is 3. The van der Waals surface area contributed by atoms with E-state index in [0.29, 0.717) is 23.5 Å². The van der Waals surface area contributed by atoms with E-state index in [1.165, 1.54) is 4.90 Å². The number of hydrogen-bond acceptors (Lipinski definition) is 5. The van der Waals surface area contributed by atoms with Crippen LogP contribution in [0.4, 0.5) is 0 Å². The van der Waals surface area contributed by atoms with Crippen molar-refractivity contribution in [3.63, 3.8) is 0 Å². The van der Waals surface area contributed by atoms with Gasteiger partial charge in [0.15, 0.2) is 6.10 Å². The minimum absolute atomic E-state index is 0.221. The van der Waals surface area contributed by atoms with Crippen LogP contribution in [0.25, 0.3) is 11.0 Å². The molecule has 30 heavy (non-hydrogen) atoms. The molecule has 3 heterocycles. The molecule has 1 N–H and O–H groups in total. The number of rotatable bonds is 4. The highest BCUT2D eigenvalue weighted by Gasteiger charge is 2.40. The molecule has 1 aromatic heterocycles. The number of carbonyl (C=O) groups is 3. The molecule has 0 bridgehead atoms. The number of nitrogens with zero attached hydrogens (tertiary/aromatic N) is 1. The summed E-state index contributed by atoms with van der Waals surface area (Å²) in [5.74, 6) is 0.333. The molecular weight excluding hydrogens is 384 g/mol. The Morgan fingerprint density at radius 3 is 2.77 bits per heavy atom. The highest BCUT2D eigenvalue weighted by molar-refractivity contribution is 6.05. The van der Waals surface area contributed by atoms with Gasteiger partial charge < -0.3 is 14.1 Å². The molecule has 1 saturated heterocycles. The summed E-state index contributed by atoms with van der Waals surface area (Å²) in [5.41, 5.74) is 2.06. The van der Waals surface area contributed by atoms with Crippen molar-refractivity contribution in [2.45, 2.75) is 38.5 Å². The Balaban J connectivity index is 1.40. The summed E-state index contributed by atoms with van der Waals surface area (Å²) in [6.07, 6.45) is 0.197. The third kappa shape index (κ3) is 3.03. The van der Waals surface area contributed by atoms with Crippen LogP contribution in [-0.2, 0) is 16.1 Å². The number of ether oxygens (including phenoxy) is 1. The average Bonchev–Trinajstić information content (AvgIpc) is 3.31. The second-order valence-corrected chi connectivity index (χ2v) is 7.63. The first-order valence-electron chi connectivity index (χ1n) is 9.93. The summed E-state index contributed by atoms with van der Waals surface area (Å²) in [4.78, 5) is 38.2. The predicted molar refractivity (Wildman–Crippen MR) is 108 cm³/mol. The zero-order chi connectivity index (χ0) is 20.8. The maximum atomic E-state index is 12.9. The summed E-state index contributed by atoms with van der Waals surface area (Å²) in [6.45, 7) is 2.16. The first-order valence-corrected chi connectivity index (χ1v) is 9.93. The van der Waals surface area contributed by atoms with Gasteiger partial charge in [-0.25, -0.2) is 0 Å². The predicted octanol–water partition coefficient (Wildman–Crippen LogP) is 3.33. The van der Waals surface area contributed by atoms with E-state index in [-0.39, 0.29) is 30.9 Å². The van der Waals surface area contributed by atoms with Gasteiger partial charge in [-0.15, -0.1) is 0 Å². The molecule has 2 aliphatic heterocycles. The molecule has 0 radical (unpaired) electrons. The van der Waals surface area contributed by atoms with Gasteiger partial charge in [0.2, 0.25) is 11.8 Å². The van der Waals surface area contributed by atoms with Gasteiger partial charge in [0.1, 0.15) is 23.1 Å². The van der Waals surface area contributed by atoms with Gasteiger partial charge in [-0.2, -0.15) is 0 Å². The van der Waals surface area contributed by atoms with Crippen molar-refractivity contribution in [1.29, 1.82) is 0 Å². The second-order valence-electron chi connectivity index (χ2n) is 7.63. The Labute approximate surface area is 172 Å². The minimum atomic E-state index is -0.650. The third-order valence-electron chi connectivity index (χ3n) is 5.69. The van der Waals surface area contributed by atoms with Crippen molar-refractivity contribution in [3.8, 4) is 5.75 Å². The lowest BCUT2D eigenvalue weighted by atomic mass is 10.0. The summed E-state index contributed by atoms with van der Waals surface area (Å²) in [6, 6.07) is 14.4. The summed E-state index contributed by atoms with van der Waals surface area (Å²) in [5, 5.41) is 3.32. The number of para-hydroxylation sites is 1. The van der Waals surface area contributed by atoms with Gasteiger partial charge in [-0.05, 0) is 37.6 Å². The van der Waals surface area contributed by atoms with E-state index in [1.807, 2.05) is 43.3 Å². The van der Waals surface area contributed by atoms with E-state index in [1.54, 1.807) is 12.1 Å². The normalized spacial score (nSPS) is 19.7. The number of benzene rings is 2. The lowest BCUT2D eigenvalue weighted by Crippen LogP contribution is -2.52. The van der Waals surface area contributed by atoms with Crippen LogP contribution in [0.15, 0.2) is 52.9 Å². The number of piperidine rings is 1. The van der Waals surface area contributed by atoms with Crippen LogP contribution in [0.3, 0.4) is 0 Å². The molecular formula is C23H20N2O5. The summed E-state index contributed by atoms with van der Waals surface area (Å²) in [7, 11) is 0. The van der Waals surface area contributed by atoms with E-state index in [0.717, 1.165) is 16.5 Å².